The van der Waals surface area contributed by atoms with Crippen molar-refractivity contribution < 1.29 is 13.6 Å². The maximum Gasteiger partial charge on any atom is 0.336 e. The normalized spacial score (nSPS) is 16.8. The van der Waals surface area contributed by atoms with E-state index in [0.29, 0.717) is 28.9 Å². The molecule has 1 unspecified atom stereocenters. The molecule has 1 aliphatic rings. The van der Waals surface area contributed by atoms with Crippen molar-refractivity contribution in [2.24, 2.45) is 5.10 Å². The number of hydrazone groups is 1. The predicted octanol–water partition coefficient (Wildman–Crippen LogP) is 4.38. The molecule has 4 rings (SSSR count). The largest absolute Gasteiger partial charge is 0.492 e. The highest BCUT2D eigenvalue weighted by Crippen LogP contribution is 2.35. The van der Waals surface area contributed by atoms with E-state index in [1.165, 1.54) is 6.07 Å². The van der Waals surface area contributed by atoms with Crippen molar-refractivity contribution in [3.8, 4) is 5.75 Å². The van der Waals surface area contributed by atoms with Gasteiger partial charge in [-0.15, -0.1) is 0 Å². The maximum absolute atomic E-state index is 11.5. The van der Waals surface area contributed by atoms with Gasteiger partial charge in [0.15, 0.2) is 4.38 Å². The van der Waals surface area contributed by atoms with Crippen LogP contribution in [0.5, 0.6) is 5.75 Å². The lowest BCUT2D eigenvalue weighted by molar-refractivity contribution is 0.316. The molecule has 6 nitrogen and oxygen atoms in total. The van der Waals surface area contributed by atoms with Crippen LogP contribution in [-0.4, -0.2) is 22.1 Å². The first-order valence-electron chi connectivity index (χ1n) is 8.40. The minimum atomic E-state index is -0.386. The topological polar surface area (TPSA) is 77.0 Å². The summed E-state index contributed by atoms with van der Waals surface area (Å²) in [6, 6.07) is 6.74. The molecule has 1 aliphatic heterocycles. The van der Waals surface area contributed by atoms with Crippen molar-refractivity contribution in [3.05, 3.63) is 40.9 Å². The third kappa shape index (κ3) is 3.71. The Morgan fingerprint density at radius 3 is 3.00 bits per heavy atom. The van der Waals surface area contributed by atoms with Crippen LogP contribution in [0.3, 0.4) is 0 Å². The first kappa shape index (κ1) is 17.4. The number of nitrogens with zero attached hydrogens (tertiary/aromatic N) is 1. The second-order valence-corrected chi connectivity index (χ2v) is 8.55. The summed E-state index contributed by atoms with van der Waals surface area (Å²) in [6.07, 6.45) is 3.58. The van der Waals surface area contributed by atoms with Gasteiger partial charge in [0.2, 0.25) is 0 Å². The first-order chi connectivity index (χ1) is 12.7. The zero-order valence-corrected chi connectivity index (χ0v) is 15.8. The Hall–Kier alpha value is -2.06. The highest BCUT2D eigenvalue weighted by molar-refractivity contribution is 8.39. The first-order valence-corrected chi connectivity index (χ1v) is 10.3. The molecule has 0 fully saturated rings. The van der Waals surface area contributed by atoms with E-state index >= 15 is 0 Å². The van der Waals surface area contributed by atoms with Crippen molar-refractivity contribution in [1.29, 1.82) is 0 Å². The molecule has 3 aromatic rings. The number of thioether (sulfide) groups is 2. The standard InChI is InChI=1S/C18H18N2O4S2/c1-11-19-20-18(26-11)25-9-3-2-7-23-17-12-4-5-16(21)24-15(12)10-14-13(17)6-8-22-14/h4-6,8,10-11,19H,2-3,7,9H2,1H3. The number of benzene rings is 1. The lowest BCUT2D eigenvalue weighted by Gasteiger charge is -2.10. The molecular weight excluding hydrogens is 372 g/mol. The number of fused-ring (bicyclic) bond motifs is 2. The zero-order chi connectivity index (χ0) is 17.9. The summed E-state index contributed by atoms with van der Waals surface area (Å²) >= 11 is 3.53. The van der Waals surface area contributed by atoms with Crippen molar-refractivity contribution in [1.82, 2.24) is 5.43 Å². The molecule has 8 heteroatoms. The molecular formula is C18H18N2O4S2. The molecule has 136 valence electrons. The van der Waals surface area contributed by atoms with E-state index in [2.05, 4.69) is 17.5 Å². The van der Waals surface area contributed by atoms with Crippen LogP contribution in [-0.2, 0) is 0 Å². The van der Waals surface area contributed by atoms with Crippen molar-refractivity contribution in [3.63, 3.8) is 0 Å². The van der Waals surface area contributed by atoms with Gasteiger partial charge < -0.3 is 13.6 Å². The molecule has 1 atom stereocenters. The number of ether oxygens (including phenoxy) is 1. The van der Waals surface area contributed by atoms with Crippen LogP contribution in [0.1, 0.15) is 19.8 Å². The van der Waals surface area contributed by atoms with Gasteiger partial charge in [0.05, 0.1) is 29.0 Å². The Morgan fingerprint density at radius 1 is 1.27 bits per heavy atom. The molecule has 3 heterocycles. The van der Waals surface area contributed by atoms with E-state index in [1.54, 1.807) is 41.9 Å². The molecule has 1 aromatic carbocycles. The molecule has 0 amide bonds. The highest BCUT2D eigenvalue weighted by Gasteiger charge is 2.15. The fraction of sp³-hybridized carbons (Fsp3) is 0.333. The third-order valence-electron chi connectivity index (χ3n) is 3.93. The predicted molar refractivity (Wildman–Crippen MR) is 107 cm³/mol. The molecule has 0 radical (unpaired) electrons. The fourth-order valence-electron chi connectivity index (χ4n) is 2.72. The van der Waals surface area contributed by atoms with Gasteiger partial charge in [0, 0.05) is 17.9 Å². The Balaban J connectivity index is 1.38. The molecule has 0 aliphatic carbocycles. The summed E-state index contributed by atoms with van der Waals surface area (Å²) in [7, 11) is 0. The lowest BCUT2D eigenvalue weighted by atomic mass is 10.1. The second-order valence-electron chi connectivity index (χ2n) is 5.88. The van der Waals surface area contributed by atoms with Crippen LogP contribution in [0.4, 0.5) is 0 Å². The number of hydrogen-bond donors (Lipinski definition) is 1. The van der Waals surface area contributed by atoms with Gasteiger partial charge in [-0.1, -0.05) is 23.5 Å². The average molecular weight is 390 g/mol. The lowest BCUT2D eigenvalue weighted by Crippen LogP contribution is -2.09. The molecule has 0 bridgehead atoms. The second kappa shape index (κ2) is 7.67. The Labute approximate surface area is 158 Å². The van der Waals surface area contributed by atoms with Crippen molar-refractivity contribution in [2.45, 2.75) is 25.1 Å². The molecule has 0 saturated carbocycles. The summed E-state index contributed by atoms with van der Waals surface area (Å²) in [6.45, 7) is 2.69. The minimum absolute atomic E-state index is 0.365. The van der Waals surface area contributed by atoms with E-state index < -0.39 is 0 Å². The van der Waals surface area contributed by atoms with Crippen LogP contribution >= 0.6 is 23.5 Å². The zero-order valence-electron chi connectivity index (χ0n) is 14.2. The van der Waals surface area contributed by atoms with E-state index in [0.717, 1.165) is 33.7 Å². The SMILES string of the molecule is CC1NN=C(SCCCCOc2c3ccoc3cc3oc(=O)ccc23)S1. The maximum atomic E-state index is 11.5. The molecule has 2 aromatic heterocycles. The van der Waals surface area contributed by atoms with Crippen molar-refractivity contribution >= 4 is 49.8 Å². The third-order valence-corrected chi connectivity index (χ3v) is 6.16. The van der Waals surface area contributed by atoms with E-state index in [1.807, 2.05) is 6.07 Å². The van der Waals surface area contributed by atoms with Crippen LogP contribution in [0, 0.1) is 0 Å². The van der Waals surface area contributed by atoms with Gasteiger partial charge in [-0.3, -0.25) is 5.43 Å². The number of nitrogens with one attached hydrogen (secondary N) is 1. The van der Waals surface area contributed by atoms with Crippen LogP contribution in [0.25, 0.3) is 21.9 Å². The number of rotatable bonds is 6. The van der Waals surface area contributed by atoms with Gasteiger partial charge in [-0.2, -0.15) is 5.10 Å². The summed E-state index contributed by atoms with van der Waals surface area (Å²) in [5.41, 5.74) is 3.78. The van der Waals surface area contributed by atoms with Gasteiger partial charge in [-0.25, -0.2) is 4.79 Å². The average Bonchev–Trinajstić information content (AvgIpc) is 3.25. The highest BCUT2D eigenvalue weighted by atomic mass is 32.2. The molecule has 0 spiro atoms. The summed E-state index contributed by atoms with van der Waals surface area (Å²) in [5.74, 6) is 1.71. The van der Waals surface area contributed by atoms with Gasteiger partial charge >= 0.3 is 5.63 Å². The van der Waals surface area contributed by atoms with Crippen LogP contribution in [0.2, 0.25) is 0 Å². The van der Waals surface area contributed by atoms with Crippen molar-refractivity contribution in [2.75, 3.05) is 12.4 Å². The van der Waals surface area contributed by atoms with E-state index in [4.69, 9.17) is 13.6 Å². The van der Waals surface area contributed by atoms with Gasteiger partial charge in [0.25, 0.3) is 0 Å². The number of unbranched alkanes of at least 4 members (excludes halogenated alkanes) is 1. The summed E-state index contributed by atoms with van der Waals surface area (Å²) in [5, 5.41) is 6.30. The van der Waals surface area contributed by atoms with Crippen LogP contribution < -0.4 is 15.8 Å². The molecule has 1 N–H and O–H groups in total. The number of hydrogen-bond acceptors (Lipinski definition) is 8. The van der Waals surface area contributed by atoms with Gasteiger partial charge in [-0.05, 0) is 31.9 Å². The Kier molecular flexibility index (Phi) is 5.12. The Bertz CT molecular complexity index is 1010. The van der Waals surface area contributed by atoms with Crippen LogP contribution in [0.15, 0.2) is 49.3 Å². The van der Waals surface area contributed by atoms with E-state index in [-0.39, 0.29) is 5.63 Å². The Morgan fingerprint density at radius 2 is 2.15 bits per heavy atom. The molecule has 0 saturated heterocycles. The number of furan rings is 1. The fourth-order valence-corrected chi connectivity index (χ4v) is 4.83. The quantitative estimate of drug-likeness (QED) is 0.494. The summed E-state index contributed by atoms with van der Waals surface area (Å²) in [4.78, 5) is 11.5. The smallest absolute Gasteiger partial charge is 0.336 e. The van der Waals surface area contributed by atoms with Gasteiger partial charge in [0.1, 0.15) is 16.9 Å². The summed E-state index contributed by atoms with van der Waals surface area (Å²) < 4.78 is 17.9. The monoisotopic (exact) mass is 390 g/mol. The molecule has 26 heavy (non-hydrogen) atoms. The minimum Gasteiger partial charge on any atom is -0.492 e. The van der Waals surface area contributed by atoms with E-state index in [9.17, 15) is 4.79 Å².